The first-order chi connectivity index (χ1) is 9.22. The van der Waals surface area contributed by atoms with Crippen LogP contribution < -0.4 is 5.32 Å². The van der Waals surface area contributed by atoms with Crippen molar-refractivity contribution in [2.45, 2.75) is 12.5 Å². The molecule has 0 spiro atoms. The Labute approximate surface area is 118 Å². The highest BCUT2D eigenvalue weighted by Gasteiger charge is 2.31. The maximum Gasteiger partial charge on any atom is 0.129 e. The number of nitrogens with one attached hydrogen (secondary N) is 1. The monoisotopic (exact) mass is 287 g/mol. The number of methoxy groups -OCH3 is 1. The van der Waals surface area contributed by atoms with Gasteiger partial charge in [-0.2, -0.15) is 0 Å². The highest BCUT2D eigenvalue weighted by Crippen LogP contribution is 2.36. The molecule has 0 aliphatic carbocycles. The molecule has 1 saturated heterocycles. The van der Waals surface area contributed by atoms with Crippen LogP contribution >= 0.6 is 11.6 Å². The number of ether oxygens (including phenoxy) is 2. The fourth-order valence-corrected chi connectivity index (χ4v) is 2.56. The average Bonchev–Trinajstić information content (AvgIpc) is 2.86. The predicted octanol–water partition coefficient (Wildman–Crippen LogP) is 2.79. The first-order valence-corrected chi connectivity index (χ1v) is 6.86. The predicted molar refractivity (Wildman–Crippen MR) is 73.0 cm³/mol. The van der Waals surface area contributed by atoms with Crippen molar-refractivity contribution in [2.24, 2.45) is 5.92 Å². The molecule has 19 heavy (non-hydrogen) atoms. The summed E-state index contributed by atoms with van der Waals surface area (Å²) in [5.41, 5.74) is 0.559. The van der Waals surface area contributed by atoms with Gasteiger partial charge in [-0.15, -0.1) is 0 Å². The van der Waals surface area contributed by atoms with E-state index in [-0.39, 0.29) is 17.8 Å². The van der Waals surface area contributed by atoms with E-state index < -0.39 is 0 Å². The summed E-state index contributed by atoms with van der Waals surface area (Å²) < 4.78 is 24.5. The van der Waals surface area contributed by atoms with Gasteiger partial charge in [0.2, 0.25) is 0 Å². The SMILES string of the molecule is COCCNCC1CCOC1c1cc(Cl)ccc1F. The minimum atomic E-state index is -0.252. The van der Waals surface area contributed by atoms with Crippen LogP contribution in [0.2, 0.25) is 5.02 Å². The molecular formula is C14H19ClFNO2. The molecule has 1 heterocycles. The first-order valence-electron chi connectivity index (χ1n) is 6.48. The topological polar surface area (TPSA) is 30.5 Å². The summed E-state index contributed by atoms with van der Waals surface area (Å²) >= 11 is 5.93. The van der Waals surface area contributed by atoms with Gasteiger partial charge < -0.3 is 14.8 Å². The normalized spacial score (nSPS) is 22.9. The van der Waals surface area contributed by atoms with Gasteiger partial charge in [-0.1, -0.05) is 11.6 Å². The molecule has 5 heteroatoms. The number of rotatable bonds is 6. The Morgan fingerprint density at radius 3 is 3.16 bits per heavy atom. The van der Waals surface area contributed by atoms with Crippen LogP contribution in [0.25, 0.3) is 0 Å². The second-order valence-corrected chi connectivity index (χ2v) is 5.14. The fraction of sp³-hybridized carbons (Fsp3) is 0.571. The van der Waals surface area contributed by atoms with Gasteiger partial charge in [-0.3, -0.25) is 0 Å². The smallest absolute Gasteiger partial charge is 0.129 e. The third-order valence-electron chi connectivity index (χ3n) is 3.37. The van der Waals surface area contributed by atoms with Gasteiger partial charge in [-0.05, 0) is 24.6 Å². The molecule has 1 aromatic rings. The van der Waals surface area contributed by atoms with Crippen LogP contribution in [0.1, 0.15) is 18.1 Å². The molecule has 106 valence electrons. The zero-order valence-corrected chi connectivity index (χ0v) is 11.8. The molecule has 1 aliphatic rings. The van der Waals surface area contributed by atoms with E-state index in [0.717, 1.165) is 19.5 Å². The maximum absolute atomic E-state index is 13.9. The molecular weight excluding hydrogens is 269 g/mol. The Morgan fingerprint density at radius 1 is 1.53 bits per heavy atom. The molecule has 0 aromatic heterocycles. The molecule has 1 N–H and O–H groups in total. The Hall–Kier alpha value is -0.680. The van der Waals surface area contributed by atoms with Crippen molar-refractivity contribution in [3.8, 4) is 0 Å². The van der Waals surface area contributed by atoms with E-state index in [0.29, 0.717) is 23.8 Å². The van der Waals surface area contributed by atoms with Crippen molar-refractivity contribution in [3.05, 3.63) is 34.6 Å². The van der Waals surface area contributed by atoms with Gasteiger partial charge in [0.1, 0.15) is 5.82 Å². The van der Waals surface area contributed by atoms with Crippen molar-refractivity contribution in [3.63, 3.8) is 0 Å². The lowest BCUT2D eigenvalue weighted by Gasteiger charge is -2.20. The molecule has 0 saturated carbocycles. The van der Waals surface area contributed by atoms with Crippen LogP contribution in [-0.2, 0) is 9.47 Å². The molecule has 0 amide bonds. The summed E-state index contributed by atoms with van der Waals surface area (Å²) in [6.45, 7) is 2.91. The van der Waals surface area contributed by atoms with Gasteiger partial charge in [0, 0.05) is 43.3 Å². The molecule has 1 fully saturated rings. The third-order valence-corrected chi connectivity index (χ3v) is 3.60. The van der Waals surface area contributed by atoms with Gasteiger partial charge in [0.15, 0.2) is 0 Å². The van der Waals surface area contributed by atoms with E-state index in [1.165, 1.54) is 6.07 Å². The lowest BCUT2D eigenvalue weighted by atomic mass is 9.95. The standard InChI is InChI=1S/C14H19ClFNO2/c1-18-7-5-17-9-10-4-6-19-14(10)12-8-11(15)2-3-13(12)16/h2-3,8,10,14,17H,4-7,9H2,1H3. The largest absolute Gasteiger partial charge is 0.383 e. The van der Waals surface area contributed by atoms with E-state index in [4.69, 9.17) is 21.1 Å². The zero-order chi connectivity index (χ0) is 13.7. The average molecular weight is 288 g/mol. The van der Waals surface area contributed by atoms with Crippen LogP contribution in [-0.4, -0.2) is 33.4 Å². The van der Waals surface area contributed by atoms with Crippen LogP contribution in [0.5, 0.6) is 0 Å². The molecule has 0 radical (unpaired) electrons. The fourth-order valence-electron chi connectivity index (χ4n) is 2.38. The summed E-state index contributed by atoms with van der Waals surface area (Å²) in [6, 6.07) is 4.62. The third kappa shape index (κ3) is 3.89. The molecule has 1 aliphatic heterocycles. The van der Waals surface area contributed by atoms with Crippen LogP contribution in [0.4, 0.5) is 4.39 Å². The summed E-state index contributed by atoms with van der Waals surface area (Å²) in [6.07, 6.45) is 0.713. The Balaban J connectivity index is 1.99. The Bertz CT molecular complexity index is 416. The van der Waals surface area contributed by atoms with Crippen molar-refractivity contribution < 1.29 is 13.9 Å². The maximum atomic E-state index is 13.9. The van der Waals surface area contributed by atoms with Crippen LogP contribution in [0.15, 0.2) is 18.2 Å². The van der Waals surface area contributed by atoms with Gasteiger partial charge in [-0.25, -0.2) is 4.39 Å². The summed E-state index contributed by atoms with van der Waals surface area (Å²) in [5.74, 6) is 0.0167. The molecule has 3 nitrogen and oxygen atoms in total. The van der Waals surface area contributed by atoms with Crippen molar-refractivity contribution in [2.75, 3.05) is 33.4 Å². The minimum absolute atomic E-state index is 0.214. The van der Waals surface area contributed by atoms with Crippen molar-refractivity contribution >= 4 is 11.6 Å². The summed E-state index contributed by atoms with van der Waals surface area (Å²) in [5, 5.41) is 3.84. The molecule has 2 unspecified atom stereocenters. The lowest BCUT2D eigenvalue weighted by molar-refractivity contribution is 0.0868. The Morgan fingerprint density at radius 2 is 2.37 bits per heavy atom. The minimum Gasteiger partial charge on any atom is -0.383 e. The van der Waals surface area contributed by atoms with E-state index in [1.807, 2.05) is 0 Å². The number of hydrogen-bond donors (Lipinski definition) is 1. The molecule has 2 rings (SSSR count). The molecule has 1 aromatic carbocycles. The summed E-state index contributed by atoms with van der Waals surface area (Å²) in [4.78, 5) is 0. The Kier molecular flexibility index (Phi) is 5.58. The number of hydrogen-bond acceptors (Lipinski definition) is 3. The van der Waals surface area contributed by atoms with E-state index in [2.05, 4.69) is 5.32 Å². The van der Waals surface area contributed by atoms with Gasteiger partial charge >= 0.3 is 0 Å². The summed E-state index contributed by atoms with van der Waals surface area (Å²) in [7, 11) is 1.67. The van der Waals surface area contributed by atoms with E-state index in [1.54, 1.807) is 19.2 Å². The number of benzene rings is 1. The van der Waals surface area contributed by atoms with E-state index in [9.17, 15) is 4.39 Å². The second kappa shape index (κ2) is 7.20. The number of halogens is 2. The van der Waals surface area contributed by atoms with Crippen LogP contribution in [0, 0.1) is 11.7 Å². The van der Waals surface area contributed by atoms with Crippen molar-refractivity contribution in [1.29, 1.82) is 0 Å². The molecule has 0 bridgehead atoms. The quantitative estimate of drug-likeness (QED) is 0.816. The van der Waals surface area contributed by atoms with Crippen LogP contribution in [0.3, 0.4) is 0 Å². The lowest BCUT2D eigenvalue weighted by Crippen LogP contribution is -2.27. The second-order valence-electron chi connectivity index (χ2n) is 4.70. The highest BCUT2D eigenvalue weighted by molar-refractivity contribution is 6.30. The van der Waals surface area contributed by atoms with Gasteiger partial charge in [0.05, 0.1) is 12.7 Å². The van der Waals surface area contributed by atoms with Gasteiger partial charge in [0.25, 0.3) is 0 Å². The molecule has 2 atom stereocenters. The highest BCUT2D eigenvalue weighted by atomic mass is 35.5. The van der Waals surface area contributed by atoms with E-state index >= 15 is 0 Å². The first kappa shape index (κ1) is 14.7. The van der Waals surface area contributed by atoms with Crippen molar-refractivity contribution in [1.82, 2.24) is 5.32 Å². The zero-order valence-electron chi connectivity index (χ0n) is 11.0.